The summed E-state index contributed by atoms with van der Waals surface area (Å²) in [4.78, 5) is 10.5. The minimum atomic E-state index is -0.240. The van der Waals surface area contributed by atoms with Gasteiger partial charge < -0.3 is 9.47 Å². The van der Waals surface area contributed by atoms with Crippen molar-refractivity contribution in [3.63, 3.8) is 0 Å². The molecule has 0 saturated carbocycles. The lowest BCUT2D eigenvalue weighted by atomic mass is 10.2. The number of carbonyl (C=O) groups excluding carboxylic acids is 1. The summed E-state index contributed by atoms with van der Waals surface area (Å²) in [6, 6.07) is 7.40. The molecule has 0 bridgehead atoms. The van der Waals surface area contributed by atoms with Crippen LogP contribution in [0.3, 0.4) is 0 Å². The molecule has 3 nitrogen and oxygen atoms in total. The summed E-state index contributed by atoms with van der Waals surface area (Å²) in [7, 11) is 2.82. The lowest BCUT2D eigenvalue weighted by molar-refractivity contribution is 0.167. The van der Waals surface area contributed by atoms with Gasteiger partial charge in [0, 0.05) is 0 Å². The van der Waals surface area contributed by atoms with E-state index >= 15 is 0 Å². The first-order valence-corrected chi connectivity index (χ1v) is 4.54. The number of benzene rings is 1. The zero-order chi connectivity index (χ0) is 9.68. The van der Waals surface area contributed by atoms with Gasteiger partial charge in [0.05, 0.1) is 7.11 Å². The van der Waals surface area contributed by atoms with Crippen LogP contribution < -0.4 is 4.74 Å². The molecule has 1 radical (unpaired) electrons. The van der Waals surface area contributed by atoms with E-state index in [0.29, 0.717) is 6.61 Å². The molecule has 1 rings (SSSR count). The van der Waals surface area contributed by atoms with Gasteiger partial charge in [-0.25, -0.2) is 0 Å². The average Bonchev–Trinajstić information content (AvgIpc) is 2.15. The molecule has 0 saturated heterocycles. The van der Waals surface area contributed by atoms with Crippen LogP contribution in [-0.2, 0) is 11.3 Å². The first kappa shape index (κ1) is 9.79. The first-order chi connectivity index (χ1) is 6.22. The van der Waals surface area contributed by atoms with E-state index in [1.165, 1.54) is 10.2 Å². The maximum atomic E-state index is 10.5. The lowest BCUT2D eigenvalue weighted by Crippen LogP contribution is -2.00. The quantitative estimate of drug-likeness (QED) is 0.674. The van der Waals surface area contributed by atoms with Crippen LogP contribution in [0.25, 0.3) is 0 Å². The maximum absolute atomic E-state index is 10.5. The molecule has 0 N–H and O–H groups in total. The fourth-order valence-corrected chi connectivity index (χ4v) is 0.988. The summed E-state index contributed by atoms with van der Waals surface area (Å²) in [6.45, 7) is 0.326. The third-order valence-electron chi connectivity index (χ3n) is 1.56. The van der Waals surface area contributed by atoms with Gasteiger partial charge in [-0.15, -0.1) is 0 Å². The number of hydrogen-bond donors (Lipinski definition) is 0. The molecule has 69 valence electrons. The fourth-order valence-electron chi connectivity index (χ4n) is 0.886. The van der Waals surface area contributed by atoms with E-state index in [9.17, 15) is 4.79 Å². The molecule has 13 heavy (non-hydrogen) atoms. The molecule has 1 aromatic carbocycles. The normalized spacial score (nSPS) is 9.38. The van der Waals surface area contributed by atoms with Crippen LogP contribution in [0.15, 0.2) is 24.3 Å². The van der Waals surface area contributed by atoms with E-state index in [0.717, 1.165) is 11.3 Å². The molecular formula is C9H11O3Si. The third-order valence-corrected chi connectivity index (χ3v) is 1.76. The Kier molecular flexibility index (Phi) is 3.51. The highest BCUT2D eigenvalue weighted by molar-refractivity contribution is 6.55. The van der Waals surface area contributed by atoms with E-state index in [1.54, 1.807) is 7.11 Å². The van der Waals surface area contributed by atoms with Crippen molar-refractivity contribution in [2.24, 2.45) is 0 Å². The Morgan fingerprint density at radius 1 is 1.38 bits per heavy atom. The van der Waals surface area contributed by atoms with Crippen molar-refractivity contribution >= 4 is 15.8 Å². The fraction of sp³-hybridized carbons (Fsp3) is 0.222. The molecular weight excluding hydrogens is 184 g/mol. The second-order valence-electron chi connectivity index (χ2n) is 2.51. The highest BCUT2D eigenvalue weighted by Gasteiger charge is 1.96. The van der Waals surface area contributed by atoms with Crippen LogP contribution in [0.4, 0.5) is 4.79 Å². The number of ether oxygens (including phenoxy) is 2. The van der Waals surface area contributed by atoms with Gasteiger partial charge in [-0.05, 0) is 17.7 Å². The van der Waals surface area contributed by atoms with Crippen LogP contribution >= 0.6 is 0 Å². The zero-order valence-corrected chi connectivity index (χ0v) is 8.86. The summed E-state index contributed by atoms with van der Waals surface area (Å²) >= 11 is 0. The van der Waals surface area contributed by atoms with Crippen LogP contribution in [0.2, 0.25) is 0 Å². The van der Waals surface area contributed by atoms with Gasteiger partial charge in [0.2, 0.25) is 0 Å². The average molecular weight is 195 g/mol. The van der Waals surface area contributed by atoms with Crippen molar-refractivity contribution in [1.82, 2.24) is 0 Å². The molecule has 4 heteroatoms. The van der Waals surface area contributed by atoms with Crippen LogP contribution in [-0.4, -0.2) is 22.9 Å². The number of carbonyl (C=O) groups is 1. The summed E-state index contributed by atoms with van der Waals surface area (Å²) in [5, 5.41) is 0. The Labute approximate surface area is 80.1 Å². The van der Waals surface area contributed by atoms with Crippen molar-refractivity contribution in [2.75, 3.05) is 7.11 Å². The molecule has 0 aliphatic carbocycles. The summed E-state index contributed by atoms with van der Waals surface area (Å²) in [6.07, 6.45) is 0. The molecule has 0 aliphatic rings. The Bertz CT molecular complexity index is 281. The Morgan fingerprint density at radius 2 is 2.00 bits per heavy atom. The zero-order valence-electron chi connectivity index (χ0n) is 7.45. The molecule has 0 atom stereocenters. The number of methoxy groups -OCH3 is 1. The van der Waals surface area contributed by atoms with Crippen molar-refractivity contribution in [1.29, 1.82) is 0 Å². The Hall–Kier alpha value is -1.29. The highest BCUT2D eigenvalue weighted by Crippen LogP contribution is 2.11. The highest BCUT2D eigenvalue weighted by atomic mass is 28.1. The topological polar surface area (TPSA) is 35.5 Å². The molecule has 0 aliphatic heterocycles. The predicted molar refractivity (Wildman–Crippen MR) is 51.7 cm³/mol. The molecule has 1 aromatic rings. The van der Waals surface area contributed by atoms with Gasteiger partial charge in [0.15, 0.2) is 10.2 Å². The standard InChI is InChI=1S/C9H11O3Si/c1-11-8-4-2-7(3-5-8)6-12-9(10)13/h2-5H,6,13H2,1H3. The largest absolute Gasteiger partial charge is 0.497 e. The van der Waals surface area contributed by atoms with E-state index in [4.69, 9.17) is 9.47 Å². The van der Waals surface area contributed by atoms with Crippen molar-refractivity contribution in [2.45, 2.75) is 6.61 Å². The maximum Gasteiger partial charge on any atom is 0.261 e. The molecule has 0 amide bonds. The first-order valence-electron chi connectivity index (χ1n) is 3.84. The van der Waals surface area contributed by atoms with Gasteiger partial charge in [-0.1, -0.05) is 12.1 Å². The molecule has 0 aromatic heterocycles. The Morgan fingerprint density at radius 3 is 2.46 bits per heavy atom. The molecule has 0 heterocycles. The van der Waals surface area contributed by atoms with Crippen LogP contribution in [0.5, 0.6) is 5.75 Å². The summed E-state index contributed by atoms with van der Waals surface area (Å²) < 4.78 is 9.82. The molecule has 0 spiro atoms. The van der Waals surface area contributed by atoms with Gasteiger partial charge in [-0.3, -0.25) is 4.79 Å². The van der Waals surface area contributed by atoms with E-state index in [2.05, 4.69) is 0 Å². The van der Waals surface area contributed by atoms with E-state index < -0.39 is 0 Å². The SMILES string of the molecule is COc1ccc(COC(=O)[SiH2])cc1. The molecule has 0 fully saturated rings. The Balaban J connectivity index is 2.54. The lowest BCUT2D eigenvalue weighted by Gasteiger charge is -2.03. The van der Waals surface area contributed by atoms with E-state index in [1.807, 2.05) is 24.3 Å². The van der Waals surface area contributed by atoms with Crippen molar-refractivity contribution < 1.29 is 14.3 Å². The van der Waals surface area contributed by atoms with Crippen LogP contribution in [0, 0.1) is 0 Å². The van der Waals surface area contributed by atoms with Gasteiger partial charge >= 0.3 is 0 Å². The van der Waals surface area contributed by atoms with Gasteiger partial charge in [-0.2, -0.15) is 0 Å². The smallest absolute Gasteiger partial charge is 0.261 e. The summed E-state index contributed by atoms with van der Waals surface area (Å²) in [5.74, 6) is 0.799. The second-order valence-corrected chi connectivity index (χ2v) is 3.09. The van der Waals surface area contributed by atoms with Crippen molar-refractivity contribution in [3.05, 3.63) is 29.8 Å². The van der Waals surface area contributed by atoms with Crippen LogP contribution in [0.1, 0.15) is 5.56 Å². The van der Waals surface area contributed by atoms with Crippen molar-refractivity contribution in [3.8, 4) is 5.75 Å². The summed E-state index contributed by atoms with van der Waals surface area (Å²) in [5.41, 5.74) is 0.719. The molecule has 0 unspecified atom stereocenters. The predicted octanol–water partition coefficient (Wildman–Crippen LogP) is 0.965. The third kappa shape index (κ3) is 3.29. The minimum absolute atomic E-state index is 0.240. The monoisotopic (exact) mass is 195 g/mol. The van der Waals surface area contributed by atoms with Gasteiger partial charge in [0.25, 0.3) is 5.59 Å². The van der Waals surface area contributed by atoms with E-state index in [-0.39, 0.29) is 5.59 Å². The van der Waals surface area contributed by atoms with Gasteiger partial charge in [0.1, 0.15) is 12.4 Å². The minimum Gasteiger partial charge on any atom is -0.497 e. The number of hydrogen-bond acceptors (Lipinski definition) is 3. The number of rotatable bonds is 3. The second kappa shape index (κ2) is 4.66.